The molecule has 1 heterocycles. The molecule has 1 fully saturated rings. The summed E-state index contributed by atoms with van der Waals surface area (Å²) in [6, 6.07) is 3.97. The molecule has 0 bridgehead atoms. The Morgan fingerprint density at radius 3 is 2.67 bits per heavy atom. The van der Waals surface area contributed by atoms with Crippen molar-refractivity contribution in [3.63, 3.8) is 0 Å². The molecule has 0 aromatic heterocycles. The number of halogens is 4. The Morgan fingerprint density at radius 2 is 2.04 bits per heavy atom. The lowest BCUT2D eigenvalue weighted by atomic mass is 9.91. The van der Waals surface area contributed by atoms with Crippen LogP contribution in [0.25, 0.3) is 0 Å². The molecule has 0 radical (unpaired) electrons. The summed E-state index contributed by atoms with van der Waals surface area (Å²) in [5, 5.41) is 0. The number of ether oxygens (including phenoxy) is 1. The SMILES string of the molecule is COCC(N)C(=O)N1CCCCC1c1ccccc1C(F)(F)F.Cl. The maximum absolute atomic E-state index is 13.3. The average Bonchev–Trinajstić information content (AvgIpc) is 2.53. The Balaban J connectivity index is 0.00000288. The molecule has 2 rings (SSSR count). The fraction of sp³-hybridized carbons (Fsp3) is 0.562. The molecule has 8 heteroatoms. The smallest absolute Gasteiger partial charge is 0.383 e. The van der Waals surface area contributed by atoms with Crippen molar-refractivity contribution < 1.29 is 22.7 Å². The summed E-state index contributed by atoms with van der Waals surface area (Å²) in [5.41, 5.74) is 5.23. The first-order chi connectivity index (χ1) is 10.9. The second-order valence-corrected chi connectivity index (χ2v) is 5.69. The Bertz CT molecular complexity index is 554. The number of carbonyl (C=O) groups excluding carboxylic acids is 1. The van der Waals surface area contributed by atoms with Crippen molar-refractivity contribution in [3.05, 3.63) is 35.4 Å². The number of amides is 1. The molecule has 1 amide bonds. The van der Waals surface area contributed by atoms with Gasteiger partial charge in [0, 0.05) is 13.7 Å². The van der Waals surface area contributed by atoms with Gasteiger partial charge in [-0.2, -0.15) is 13.2 Å². The van der Waals surface area contributed by atoms with Crippen LogP contribution in [-0.4, -0.2) is 37.1 Å². The quantitative estimate of drug-likeness (QED) is 0.890. The van der Waals surface area contributed by atoms with Gasteiger partial charge in [0.05, 0.1) is 18.2 Å². The van der Waals surface area contributed by atoms with E-state index in [1.54, 1.807) is 6.07 Å². The number of piperidine rings is 1. The van der Waals surface area contributed by atoms with Crippen LogP contribution >= 0.6 is 12.4 Å². The van der Waals surface area contributed by atoms with Gasteiger partial charge in [0.15, 0.2) is 0 Å². The van der Waals surface area contributed by atoms with Crippen LogP contribution in [-0.2, 0) is 15.7 Å². The molecule has 2 N–H and O–H groups in total. The van der Waals surface area contributed by atoms with E-state index in [0.29, 0.717) is 13.0 Å². The van der Waals surface area contributed by atoms with E-state index in [4.69, 9.17) is 10.5 Å². The minimum absolute atomic E-state index is 0. The third-order valence-corrected chi connectivity index (χ3v) is 4.07. The minimum Gasteiger partial charge on any atom is -0.383 e. The van der Waals surface area contributed by atoms with E-state index in [1.165, 1.54) is 24.1 Å². The molecular formula is C16H22ClF3N2O2. The number of nitrogens with two attached hydrogens (primary N) is 1. The molecule has 24 heavy (non-hydrogen) atoms. The second-order valence-electron chi connectivity index (χ2n) is 5.69. The highest BCUT2D eigenvalue weighted by molar-refractivity contribution is 5.85. The first-order valence-electron chi connectivity index (χ1n) is 7.57. The van der Waals surface area contributed by atoms with E-state index < -0.39 is 23.8 Å². The van der Waals surface area contributed by atoms with Crippen LogP contribution in [0.5, 0.6) is 0 Å². The first kappa shape index (κ1) is 20.7. The number of carbonyl (C=O) groups is 1. The predicted molar refractivity (Wildman–Crippen MR) is 86.8 cm³/mol. The molecule has 1 aromatic carbocycles. The number of hydrogen-bond donors (Lipinski definition) is 1. The molecule has 136 valence electrons. The number of nitrogens with zero attached hydrogens (tertiary/aromatic N) is 1. The summed E-state index contributed by atoms with van der Waals surface area (Å²) in [6.07, 6.45) is -2.41. The maximum Gasteiger partial charge on any atom is 0.416 e. The molecule has 1 aliphatic rings. The molecule has 1 aromatic rings. The van der Waals surface area contributed by atoms with Crippen LogP contribution in [0, 0.1) is 0 Å². The zero-order valence-corrected chi connectivity index (χ0v) is 14.2. The third kappa shape index (κ3) is 4.62. The molecule has 0 spiro atoms. The standard InChI is InChI=1S/C16H21F3N2O2.ClH/c1-23-10-13(20)15(22)21-9-5-4-8-14(21)11-6-2-3-7-12(11)16(17,18)19;/h2-3,6-7,13-14H,4-5,8-10,20H2,1H3;1H. The monoisotopic (exact) mass is 366 g/mol. The van der Waals surface area contributed by atoms with Gasteiger partial charge in [0.2, 0.25) is 5.91 Å². The van der Waals surface area contributed by atoms with Crippen molar-refractivity contribution in [2.45, 2.75) is 37.5 Å². The van der Waals surface area contributed by atoms with E-state index in [9.17, 15) is 18.0 Å². The zero-order chi connectivity index (χ0) is 17.0. The Kier molecular flexibility index (Phi) is 7.51. The van der Waals surface area contributed by atoms with E-state index in [-0.39, 0.29) is 30.5 Å². The predicted octanol–water partition coefficient (Wildman–Crippen LogP) is 3.15. The Morgan fingerprint density at radius 1 is 1.38 bits per heavy atom. The molecule has 1 aliphatic heterocycles. The largest absolute Gasteiger partial charge is 0.416 e. The number of benzene rings is 1. The molecule has 4 nitrogen and oxygen atoms in total. The van der Waals surface area contributed by atoms with Gasteiger partial charge in [-0.25, -0.2) is 0 Å². The van der Waals surface area contributed by atoms with Gasteiger partial charge >= 0.3 is 6.18 Å². The minimum atomic E-state index is -4.45. The number of likely N-dealkylation sites (tertiary alicyclic amines) is 1. The first-order valence-corrected chi connectivity index (χ1v) is 7.57. The summed E-state index contributed by atoms with van der Waals surface area (Å²) in [6.45, 7) is 0.454. The van der Waals surface area contributed by atoms with E-state index in [0.717, 1.165) is 18.9 Å². The van der Waals surface area contributed by atoms with Gasteiger partial charge in [-0.05, 0) is 30.9 Å². The van der Waals surface area contributed by atoms with Crippen LogP contribution in [0.3, 0.4) is 0 Å². The van der Waals surface area contributed by atoms with Gasteiger partial charge in [-0.3, -0.25) is 4.79 Å². The fourth-order valence-electron chi connectivity index (χ4n) is 3.03. The average molecular weight is 367 g/mol. The van der Waals surface area contributed by atoms with Crippen LogP contribution in [0.2, 0.25) is 0 Å². The van der Waals surface area contributed by atoms with Crippen molar-refractivity contribution in [3.8, 4) is 0 Å². The van der Waals surface area contributed by atoms with Gasteiger partial charge in [-0.15, -0.1) is 12.4 Å². The number of alkyl halides is 3. The van der Waals surface area contributed by atoms with E-state index >= 15 is 0 Å². The van der Waals surface area contributed by atoms with Crippen LogP contribution in [0.15, 0.2) is 24.3 Å². The van der Waals surface area contributed by atoms with E-state index in [1.807, 2.05) is 0 Å². The Hall–Kier alpha value is -1.31. The highest BCUT2D eigenvalue weighted by Gasteiger charge is 2.38. The highest BCUT2D eigenvalue weighted by Crippen LogP contribution is 2.39. The maximum atomic E-state index is 13.3. The third-order valence-electron chi connectivity index (χ3n) is 4.07. The van der Waals surface area contributed by atoms with Crippen LogP contribution in [0.4, 0.5) is 13.2 Å². The van der Waals surface area contributed by atoms with E-state index in [2.05, 4.69) is 0 Å². The van der Waals surface area contributed by atoms with Gasteiger partial charge in [0.1, 0.15) is 6.04 Å². The number of rotatable bonds is 4. The lowest BCUT2D eigenvalue weighted by molar-refractivity contribution is -0.143. The summed E-state index contributed by atoms with van der Waals surface area (Å²) in [5.74, 6) is -0.367. The number of methoxy groups -OCH3 is 1. The van der Waals surface area contributed by atoms with Crippen molar-refractivity contribution in [2.75, 3.05) is 20.3 Å². The van der Waals surface area contributed by atoms with Crippen LogP contribution in [0.1, 0.15) is 36.4 Å². The molecular weight excluding hydrogens is 345 g/mol. The van der Waals surface area contributed by atoms with Crippen molar-refractivity contribution in [1.29, 1.82) is 0 Å². The van der Waals surface area contributed by atoms with Crippen molar-refractivity contribution in [2.24, 2.45) is 5.73 Å². The molecule has 0 aliphatic carbocycles. The Labute approximate surface area is 145 Å². The second kappa shape index (κ2) is 8.69. The highest BCUT2D eigenvalue weighted by atomic mass is 35.5. The summed E-state index contributed by atoms with van der Waals surface area (Å²) >= 11 is 0. The fourth-order valence-corrected chi connectivity index (χ4v) is 3.03. The summed E-state index contributed by atoms with van der Waals surface area (Å²) < 4.78 is 44.7. The molecule has 1 saturated heterocycles. The van der Waals surface area contributed by atoms with Crippen LogP contribution < -0.4 is 5.73 Å². The van der Waals surface area contributed by atoms with Gasteiger partial charge in [-0.1, -0.05) is 18.2 Å². The number of hydrogen-bond acceptors (Lipinski definition) is 3. The van der Waals surface area contributed by atoms with Crippen molar-refractivity contribution in [1.82, 2.24) is 4.90 Å². The normalized spacial score (nSPS) is 19.5. The van der Waals surface area contributed by atoms with Gasteiger partial charge in [0.25, 0.3) is 0 Å². The molecule has 2 unspecified atom stereocenters. The van der Waals surface area contributed by atoms with Crippen molar-refractivity contribution >= 4 is 18.3 Å². The van der Waals surface area contributed by atoms with Gasteiger partial charge < -0.3 is 15.4 Å². The lowest BCUT2D eigenvalue weighted by Crippen LogP contribution is -2.49. The topological polar surface area (TPSA) is 55.6 Å². The summed E-state index contributed by atoms with van der Waals surface area (Å²) in [7, 11) is 1.43. The molecule has 2 atom stereocenters. The molecule has 0 saturated carbocycles. The lowest BCUT2D eigenvalue weighted by Gasteiger charge is -2.38. The summed E-state index contributed by atoms with van der Waals surface area (Å²) in [4.78, 5) is 13.9. The zero-order valence-electron chi connectivity index (χ0n) is 13.4.